The van der Waals surface area contributed by atoms with Gasteiger partial charge in [-0.2, -0.15) is 0 Å². The average molecular weight is 285 g/mol. The molecule has 21 heavy (non-hydrogen) atoms. The van der Waals surface area contributed by atoms with Crippen LogP contribution in [-0.2, 0) is 14.3 Å². The first kappa shape index (κ1) is 12.7. The van der Waals surface area contributed by atoms with Crippen molar-refractivity contribution in [1.29, 1.82) is 0 Å². The molecule has 0 aliphatic carbocycles. The van der Waals surface area contributed by atoms with Gasteiger partial charge < -0.3 is 9.84 Å². The Kier molecular flexibility index (Phi) is 2.31. The van der Waals surface area contributed by atoms with Gasteiger partial charge in [-0.3, -0.25) is 9.59 Å². The van der Waals surface area contributed by atoms with Gasteiger partial charge in [0.25, 0.3) is 0 Å². The minimum Gasteiger partial charge on any atom is -0.393 e. The minimum absolute atomic E-state index is 0.252. The number of hydrogen-bond donors (Lipinski definition) is 1. The summed E-state index contributed by atoms with van der Waals surface area (Å²) in [6, 6.07) is 8.88. The van der Waals surface area contributed by atoms with E-state index in [0.717, 1.165) is 0 Å². The molecule has 3 aliphatic rings. The molecular formula is C16H15NO4. The first-order chi connectivity index (χ1) is 10.0. The summed E-state index contributed by atoms with van der Waals surface area (Å²) in [7, 11) is 0. The van der Waals surface area contributed by atoms with Crippen LogP contribution in [0.2, 0.25) is 0 Å². The smallest absolute Gasteiger partial charge is 0.241 e. The molecule has 4 rings (SSSR count). The third-order valence-electron chi connectivity index (χ3n) is 4.82. The maximum atomic E-state index is 12.8. The molecular weight excluding hydrogens is 270 g/mol. The molecule has 5 nitrogen and oxygen atoms in total. The largest absolute Gasteiger partial charge is 0.393 e. The van der Waals surface area contributed by atoms with Gasteiger partial charge in [-0.1, -0.05) is 30.4 Å². The number of amides is 2. The third kappa shape index (κ3) is 1.37. The number of hydrogen-bond acceptors (Lipinski definition) is 4. The SMILES string of the molecule is C[C@@]12C=C[C@@](CO)(O1)[C@@H]1C(=O)N(c3ccccc3)C(=O)[C@@H]12. The van der Waals surface area contributed by atoms with Crippen LogP contribution < -0.4 is 4.90 Å². The summed E-state index contributed by atoms with van der Waals surface area (Å²) in [5, 5.41) is 9.71. The highest BCUT2D eigenvalue weighted by Crippen LogP contribution is 2.57. The molecule has 2 fully saturated rings. The van der Waals surface area contributed by atoms with Crippen LogP contribution in [0.15, 0.2) is 42.5 Å². The van der Waals surface area contributed by atoms with Crippen LogP contribution in [0, 0.1) is 11.8 Å². The van der Waals surface area contributed by atoms with E-state index < -0.39 is 23.0 Å². The van der Waals surface area contributed by atoms with Gasteiger partial charge in [-0.05, 0) is 19.1 Å². The fourth-order valence-corrected chi connectivity index (χ4v) is 3.87. The van der Waals surface area contributed by atoms with Gasteiger partial charge in [-0.15, -0.1) is 0 Å². The fraction of sp³-hybridized carbons (Fsp3) is 0.375. The molecule has 108 valence electrons. The Morgan fingerprint density at radius 3 is 2.48 bits per heavy atom. The van der Waals surface area contributed by atoms with Crippen LogP contribution in [0.25, 0.3) is 0 Å². The van der Waals surface area contributed by atoms with Crippen LogP contribution >= 0.6 is 0 Å². The number of carbonyl (C=O) groups excluding carboxylic acids is 2. The number of carbonyl (C=O) groups is 2. The van der Waals surface area contributed by atoms with Gasteiger partial charge in [-0.25, -0.2) is 4.90 Å². The molecule has 2 bridgehead atoms. The number of anilines is 1. The number of aliphatic hydroxyl groups is 1. The van der Waals surface area contributed by atoms with E-state index in [1.165, 1.54) is 4.90 Å². The van der Waals surface area contributed by atoms with E-state index in [-0.39, 0.29) is 18.4 Å². The maximum Gasteiger partial charge on any atom is 0.241 e. The van der Waals surface area contributed by atoms with Crippen molar-refractivity contribution in [3.05, 3.63) is 42.5 Å². The highest BCUT2D eigenvalue weighted by Gasteiger charge is 2.72. The van der Waals surface area contributed by atoms with Crippen molar-refractivity contribution >= 4 is 17.5 Å². The molecule has 1 aromatic carbocycles. The van der Waals surface area contributed by atoms with Gasteiger partial charge in [0.2, 0.25) is 11.8 Å². The Labute approximate surface area is 121 Å². The summed E-state index contributed by atoms with van der Waals surface area (Å²) >= 11 is 0. The Hall–Kier alpha value is -1.98. The zero-order valence-corrected chi connectivity index (χ0v) is 11.5. The molecule has 1 aromatic rings. The van der Waals surface area contributed by atoms with E-state index in [4.69, 9.17) is 4.74 Å². The second-order valence-corrected chi connectivity index (χ2v) is 6.04. The molecule has 0 radical (unpaired) electrons. The van der Waals surface area contributed by atoms with E-state index in [2.05, 4.69) is 0 Å². The van der Waals surface area contributed by atoms with Crippen LogP contribution in [-0.4, -0.2) is 34.7 Å². The molecule has 0 spiro atoms. The molecule has 0 unspecified atom stereocenters. The molecule has 0 aromatic heterocycles. The lowest BCUT2D eigenvalue weighted by Gasteiger charge is -2.26. The zero-order valence-electron chi connectivity index (χ0n) is 11.5. The fourth-order valence-electron chi connectivity index (χ4n) is 3.87. The lowest BCUT2D eigenvalue weighted by Crippen LogP contribution is -2.43. The number of nitrogens with zero attached hydrogens (tertiary/aromatic N) is 1. The number of fused-ring (bicyclic) bond motifs is 5. The number of para-hydroxylation sites is 1. The normalized spacial score (nSPS) is 40.2. The van der Waals surface area contributed by atoms with Crippen molar-refractivity contribution in [3.8, 4) is 0 Å². The molecule has 4 atom stereocenters. The molecule has 2 amide bonds. The topological polar surface area (TPSA) is 66.8 Å². The average Bonchev–Trinajstić information content (AvgIpc) is 3.06. The third-order valence-corrected chi connectivity index (χ3v) is 4.82. The standard InChI is InChI=1S/C16H15NO4/c1-15-7-8-16(9-18,21-15)12-11(15)13(19)17(14(12)20)10-5-3-2-4-6-10/h2-8,11-12,18H,9H2,1H3/t11-,12+,15+,16+/m1/s1. The van der Waals surface area contributed by atoms with Crippen molar-refractivity contribution in [2.24, 2.45) is 11.8 Å². The summed E-state index contributed by atoms with van der Waals surface area (Å²) in [5.74, 6) is -1.76. The first-order valence-corrected chi connectivity index (χ1v) is 6.97. The van der Waals surface area contributed by atoms with Gasteiger partial charge in [0.05, 0.1) is 29.7 Å². The Morgan fingerprint density at radius 2 is 1.81 bits per heavy atom. The quantitative estimate of drug-likeness (QED) is 0.647. The highest BCUT2D eigenvalue weighted by atomic mass is 16.5. The summed E-state index contributed by atoms with van der Waals surface area (Å²) in [5.41, 5.74) is -1.31. The molecule has 3 aliphatic heterocycles. The molecule has 3 heterocycles. The summed E-state index contributed by atoms with van der Waals surface area (Å²) in [6.45, 7) is 1.49. The Bertz CT molecular complexity index is 670. The van der Waals surface area contributed by atoms with E-state index >= 15 is 0 Å². The van der Waals surface area contributed by atoms with Gasteiger partial charge in [0, 0.05) is 0 Å². The van der Waals surface area contributed by atoms with E-state index in [0.29, 0.717) is 5.69 Å². The van der Waals surface area contributed by atoms with Crippen molar-refractivity contribution in [2.75, 3.05) is 11.5 Å². The van der Waals surface area contributed by atoms with E-state index in [1.807, 2.05) is 6.07 Å². The van der Waals surface area contributed by atoms with Crippen molar-refractivity contribution in [1.82, 2.24) is 0 Å². The second kappa shape index (κ2) is 3.81. The van der Waals surface area contributed by atoms with Crippen LogP contribution in [0.5, 0.6) is 0 Å². The van der Waals surface area contributed by atoms with E-state index in [1.54, 1.807) is 43.3 Å². The zero-order chi connectivity index (χ0) is 14.8. The lowest BCUT2D eigenvalue weighted by atomic mass is 9.73. The highest BCUT2D eigenvalue weighted by molar-refractivity contribution is 6.23. The summed E-state index contributed by atoms with van der Waals surface area (Å²) in [4.78, 5) is 26.8. The molecule has 1 N–H and O–H groups in total. The van der Waals surface area contributed by atoms with Gasteiger partial charge >= 0.3 is 0 Å². The number of aliphatic hydroxyl groups excluding tert-OH is 1. The second-order valence-electron chi connectivity index (χ2n) is 6.04. The summed E-state index contributed by atoms with van der Waals surface area (Å²) < 4.78 is 5.86. The predicted molar refractivity (Wildman–Crippen MR) is 74.4 cm³/mol. The minimum atomic E-state index is -1.06. The van der Waals surface area contributed by atoms with Crippen LogP contribution in [0.1, 0.15) is 6.92 Å². The number of ether oxygens (including phenoxy) is 1. The molecule has 5 heteroatoms. The molecule has 0 saturated carbocycles. The Morgan fingerprint density at radius 1 is 1.14 bits per heavy atom. The maximum absolute atomic E-state index is 12.8. The predicted octanol–water partition coefficient (Wildman–Crippen LogP) is 0.882. The summed E-state index contributed by atoms with van der Waals surface area (Å²) in [6.07, 6.45) is 3.53. The number of rotatable bonds is 2. The number of imide groups is 1. The van der Waals surface area contributed by atoms with Crippen molar-refractivity contribution in [3.63, 3.8) is 0 Å². The molecule has 2 saturated heterocycles. The first-order valence-electron chi connectivity index (χ1n) is 6.97. The number of benzene rings is 1. The van der Waals surface area contributed by atoms with Crippen molar-refractivity contribution < 1.29 is 19.4 Å². The van der Waals surface area contributed by atoms with Gasteiger partial charge in [0.1, 0.15) is 5.60 Å². The van der Waals surface area contributed by atoms with Gasteiger partial charge in [0.15, 0.2) is 0 Å². The van der Waals surface area contributed by atoms with Crippen LogP contribution in [0.4, 0.5) is 5.69 Å². The Balaban J connectivity index is 1.83. The van der Waals surface area contributed by atoms with E-state index in [9.17, 15) is 14.7 Å². The van der Waals surface area contributed by atoms with Crippen LogP contribution in [0.3, 0.4) is 0 Å². The monoisotopic (exact) mass is 285 g/mol. The van der Waals surface area contributed by atoms with Crippen molar-refractivity contribution in [2.45, 2.75) is 18.1 Å². The lowest BCUT2D eigenvalue weighted by molar-refractivity contribution is -0.131.